The molecule has 0 aliphatic rings. The van der Waals surface area contributed by atoms with Gasteiger partial charge in [-0.25, -0.2) is 9.98 Å². The molecular weight excluding hydrogens is 298 g/mol. The van der Waals surface area contributed by atoms with E-state index >= 15 is 0 Å². The first-order valence-corrected chi connectivity index (χ1v) is 8.34. The standard InChI is InChI=1S/C19H23N5/c1-2-20-19(22-14-16-8-4-3-5-9-16)21-12-11-17-15-24-13-7-6-10-18(24)23-17/h3-10,13,15H,2,11-12,14H2,1H3,(H2,20,21,22). The van der Waals surface area contributed by atoms with Crippen LogP contribution < -0.4 is 10.6 Å². The van der Waals surface area contributed by atoms with Crippen LogP contribution in [-0.4, -0.2) is 28.4 Å². The zero-order valence-corrected chi connectivity index (χ0v) is 13.9. The van der Waals surface area contributed by atoms with E-state index in [1.807, 2.05) is 47.0 Å². The number of fused-ring (bicyclic) bond motifs is 1. The molecule has 5 nitrogen and oxygen atoms in total. The third-order valence-electron chi connectivity index (χ3n) is 3.69. The van der Waals surface area contributed by atoms with Crippen LogP contribution in [0.1, 0.15) is 18.2 Å². The maximum absolute atomic E-state index is 4.63. The Hall–Kier alpha value is -2.82. The molecule has 0 saturated carbocycles. The number of aliphatic imine (C=N–C) groups is 1. The monoisotopic (exact) mass is 321 g/mol. The van der Waals surface area contributed by atoms with Crippen LogP contribution in [0.3, 0.4) is 0 Å². The number of nitrogens with zero attached hydrogens (tertiary/aromatic N) is 3. The highest BCUT2D eigenvalue weighted by atomic mass is 15.2. The molecule has 0 bridgehead atoms. The Morgan fingerprint density at radius 3 is 2.71 bits per heavy atom. The minimum atomic E-state index is 0.671. The fraction of sp³-hybridized carbons (Fsp3) is 0.263. The molecule has 0 fully saturated rings. The van der Waals surface area contributed by atoms with Crippen LogP contribution in [-0.2, 0) is 13.0 Å². The molecule has 124 valence electrons. The van der Waals surface area contributed by atoms with Crippen molar-refractivity contribution in [3.8, 4) is 0 Å². The van der Waals surface area contributed by atoms with Crippen LogP contribution in [0.2, 0.25) is 0 Å². The number of pyridine rings is 1. The summed E-state index contributed by atoms with van der Waals surface area (Å²) in [6.45, 7) is 4.38. The van der Waals surface area contributed by atoms with E-state index in [1.54, 1.807) is 0 Å². The largest absolute Gasteiger partial charge is 0.357 e. The summed E-state index contributed by atoms with van der Waals surface area (Å²) in [5.74, 6) is 0.838. The highest BCUT2D eigenvalue weighted by Gasteiger charge is 2.02. The van der Waals surface area contributed by atoms with Gasteiger partial charge in [-0.1, -0.05) is 36.4 Å². The van der Waals surface area contributed by atoms with Crippen molar-refractivity contribution >= 4 is 11.6 Å². The molecule has 3 aromatic rings. The normalized spacial score (nSPS) is 11.6. The number of hydrogen-bond acceptors (Lipinski definition) is 2. The molecule has 0 unspecified atom stereocenters. The summed E-state index contributed by atoms with van der Waals surface area (Å²) in [6.07, 6.45) is 4.95. The summed E-state index contributed by atoms with van der Waals surface area (Å²) in [5.41, 5.74) is 3.26. The lowest BCUT2D eigenvalue weighted by atomic mass is 10.2. The SMILES string of the molecule is CCNC(=NCc1ccccc1)NCCc1cn2ccccc2n1. The average Bonchev–Trinajstić information content (AvgIpc) is 3.03. The molecule has 2 aromatic heterocycles. The second kappa shape index (κ2) is 8.15. The third-order valence-corrected chi connectivity index (χ3v) is 3.69. The molecule has 2 heterocycles. The molecule has 0 radical (unpaired) electrons. The van der Waals surface area contributed by atoms with Gasteiger partial charge >= 0.3 is 0 Å². The molecule has 0 aliphatic carbocycles. The van der Waals surface area contributed by atoms with E-state index in [2.05, 4.69) is 45.9 Å². The maximum atomic E-state index is 4.63. The average molecular weight is 321 g/mol. The molecule has 0 spiro atoms. The van der Waals surface area contributed by atoms with Crippen molar-refractivity contribution in [2.24, 2.45) is 4.99 Å². The predicted octanol–water partition coefficient (Wildman–Crippen LogP) is 2.63. The van der Waals surface area contributed by atoms with Gasteiger partial charge in [0.15, 0.2) is 5.96 Å². The van der Waals surface area contributed by atoms with E-state index in [-0.39, 0.29) is 0 Å². The number of hydrogen-bond donors (Lipinski definition) is 2. The summed E-state index contributed by atoms with van der Waals surface area (Å²) in [4.78, 5) is 9.24. The van der Waals surface area contributed by atoms with Crippen LogP contribution in [0.15, 0.2) is 65.9 Å². The van der Waals surface area contributed by atoms with Crippen molar-refractivity contribution in [2.45, 2.75) is 19.9 Å². The van der Waals surface area contributed by atoms with Crippen molar-refractivity contribution < 1.29 is 0 Å². The van der Waals surface area contributed by atoms with Gasteiger partial charge in [0.05, 0.1) is 12.2 Å². The zero-order chi connectivity index (χ0) is 16.6. The first-order valence-electron chi connectivity index (χ1n) is 8.34. The van der Waals surface area contributed by atoms with Crippen LogP contribution >= 0.6 is 0 Å². The molecule has 0 saturated heterocycles. The van der Waals surface area contributed by atoms with Gasteiger partial charge in [-0.05, 0) is 24.6 Å². The summed E-state index contributed by atoms with van der Waals surface area (Å²) >= 11 is 0. The molecule has 24 heavy (non-hydrogen) atoms. The number of nitrogens with one attached hydrogen (secondary N) is 2. The van der Waals surface area contributed by atoms with E-state index in [0.717, 1.165) is 36.8 Å². The first kappa shape index (κ1) is 16.1. The van der Waals surface area contributed by atoms with Crippen LogP contribution in [0.4, 0.5) is 0 Å². The lowest BCUT2D eigenvalue weighted by Gasteiger charge is -2.10. The molecule has 0 aliphatic heterocycles. The van der Waals surface area contributed by atoms with E-state index in [1.165, 1.54) is 5.56 Å². The molecule has 2 N–H and O–H groups in total. The smallest absolute Gasteiger partial charge is 0.191 e. The molecular formula is C19H23N5. The minimum absolute atomic E-state index is 0.671. The summed E-state index contributed by atoms with van der Waals surface area (Å²) in [6, 6.07) is 16.3. The Balaban J connectivity index is 1.55. The van der Waals surface area contributed by atoms with Crippen molar-refractivity contribution in [1.82, 2.24) is 20.0 Å². The molecule has 0 atom stereocenters. The van der Waals surface area contributed by atoms with Crippen molar-refractivity contribution in [1.29, 1.82) is 0 Å². The van der Waals surface area contributed by atoms with Gasteiger partial charge in [-0.2, -0.15) is 0 Å². The topological polar surface area (TPSA) is 53.7 Å². The number of rotatable bonds is 6. The Labute approximate surface area is 142 Å². The fourth-order valence-corrected chi connectivity index (χ4v) is 2.51. The maximum Gasteiger partial charge on any atom is 0.191 e. The highest BCUT2D eigenvalue weighted by molar-refractivity contribution is 5.79. The van der Waals surface area contributed by atoms with Gasteiger partial charge in [-0.15, -0.1) is 0 Å². The molecule has 0 amide bonds. The predicted molar refractivity (Wildman–Crippen MR) is 98.2 cm³/mol. The van der Waals surface area contributed by atoms with E-state index < -0.39 is 0 Å². The Bertz CT molecular complexity index is 759. The summed E-state index contributed by atoms with van der Waals surface area (Å²) in [5, 5.41) is 6.65. The molecule has 5 heteroatoms. The summed E-state index contributed by atoms with van der Waals surface area (Å²) in [7, 11) is 0. The van der Waals surface area contributed by atoms with Crippen molar-refractivity contribution in [2.75, 3.05) is 13.1 Å². The second-order valence-electron chi connectivity index (χ2n) is 5.56. The fourth-order valence-electron chi connectivity index (χ4n) is 2.51. The van der Waals surface area contributed by atoms with Gasteiger partial charge in [0.1, 0.15) is 5.65 Å². The molecule has 1 aromatic carbocycles. The van der Waals surface area contributed by atoms with Crippen LogP contribution in [0, 0.1) is 0 Å². The number of aromatic nitrogens is 2. The van der Waals surface area contributed by atoms with Crippen molar-refractivity contribution in [3.63, 3.8) is 0 Å². The van der Waals surface area contributed by atoms with Gasteiger partial charge in [0.25, 0.3) is 0 Å². The van der Waals surface area contributed by atoms with Crippen LogP contribution in [0.5, 0.6) is 0 Å². The van der Waals surface area contributed by atoms with Gasteiger partial charge < -0.3 is 15.0 Å². The van der Waals surface area contributed by atoms with Gasteiger partial charge in [0.2, 0.25) is 0 Å². The Morgan fingerprint density at radius 2 is 1.92 bits per heavy atom. The lowest BCUT2D eigenvalue weighted by Crippen LogP contribution is -2.38. The highest BCUT2D eigenvalue weighted by Crippen LogP contribution is 2.04. The van der Waals surface area contributed by atoms with Gasteiger partial charge in [-0.3, -0.25) is 0 Å². The van der Waals surface area contributed by atoms with E-state index in [4.69, 9.17) is 0 Å². The van der Waals surface area contributed by atoms with Gasteiger partial charge in [0, 0.05) is 31.9 Å². The number of imidazole rings is 1. The second-order valence-corrected chi connectivity index (χ2v) is 5.56. The number of guanidine groups is 1. The minimum Gasteiger partial charge on any atom is -0.357 e. The summed E-state index contributed by atoms with van der Waals surface area (Å²) < 4.78 is 2.05. The lowest BCUT2D eigenvalue weighted by molar-refractivity contribution is 0.791. The molecule has 3 rings (SSSR count). The third kappa shape index (κ3) is 4.35. The number of benzene rings is 1. The Kier molecular flexibility index (Phi) is 5.45. The van der Waals surface area contributed by atoms with E-state index in [9.17, 15) is 0 Å². The Morgan fingerprint density at radius 1 is 1.08 bits per heavy atom. The van der Waals surface area contributed by atoms with Crippen molar-refractivity contribution in [3.05, 3.63) is 72.2 Å². The first-order chi connectivity index (χ1) is 11.8. The zero-order valence-electron chi connectivity index (χ0n) is 13.9. The quantitative estimate of drug-likeness (QED) is 0.542. The van der Waals surface area contributed by atoms with Crippen LogP contribution in [0.25, 0.3) is 5.65 Å². The van der Waals surface area contributed by atoms with E-state index in [0.29, 0.717) is 6.54 Å².